The number of aryl methyl sites for hydroxylation is 1. The summed E-state index contributed by atoms with van der Waals surface area (Å²) in [4.78, 5) is 12.2. The van der Waals surface area contributed by atoms with Gasteiger partial charge in [-0.2, -0.15) is 0 Å². The Labute approximate surface area is 192 Å². The first-order chi connectivity index (χ1) is 15.1. The molecule has 0 radical (unpaired) electrons. The first-order valence-electron chi connectivity index (χ1n) is 9.92. The van der Waals surface area contributed by atoms with Gasteiger partial charge >= 0.3 is 0 Å². The summed E-state index contributed by atoms with van der Waals surface area (Å²) >= 11 is 11.4. The summed E-state index contributed by atoms with van der Waals surface area (Å²) in [6, 6.07) is 25.1. The van der Waals surface area contributed by atoms with Gasteiger partial charge in [0.2, 0.25) is 5.91 Å². The molecule has 0 unspecified atom stereocenters. The van der Waals surface area contributed by atoms with Crippen molar-refractivity contribution in [2.24, 2.45) is 0 Å². The minimum Gasteiger partial charge on any atom is -0.491 e. The van der Waals surface area contributed by atoms with E-state index >= 15 is 0 Å². The fourth-order valence-corrected chi connectivity index (χ4v) is 3.29. The first kappa shape index (κ1) is 22.5. The van der Waals surface area contributed by atoms with E-state index in [1.807, 2.05) is 60.7 Å². The van der Waals surface area contributed by atoms with Gasteiger partial charge in [-0.3, -0.25) is 10.1 Å². The summed E-state index contributed by atoms with van der Waals surface area (Å²) in [5.74, 6) is 0.331. The molecule has 3 rings (SSSR count). The third-order valence-corrected chi connectivity index (χ3v) is 4.95. The second-order valence-electron chi connectivity index (χ2n) is 6.73. The van der Waals surface area contributed by atoms with Crippen LogP contribution < -0.4 is 15.4 Å². The van der Waals surface area contributed by atoms with Gasteiger partial charge in [-0.1, -0.05) is 72.3 Å². The van der Waals surface area contributed by atoms with Gasteiger partial charge in [0.05, 0.1) is 12.3 Å². The predicted molar refractivity (Wildman–Crippen MR) is 132 cm³/mol. The van der Waals surface area contributed by atoms with E-state index in [1.54, 1.807) is 12.1 Å². The van der Waals surface area contributed by atoms with Gasteiger partial charge in [-0.25, -0.2) is 0 Å². The molecule has 4 nitrogen and oxygen atoms in total. The van der Waals surface area contributed by atoms with Crippen molar-refractivity contribution < 1.29 is 9.53 Å². The van der Waals surface area contributed by atoms with Gasteiger partial charge in [-0.05, 0) is 60.5 Å². The number of nitrogens with one attached hydrogen (secondary N) is 2. The third kappa shape index (κ3) is 7.55. The van der Waals surface area contributed by atoms with Crippen LogP contribution >= 0.6 is 23.8 Å². The summed E-state index contributed by atoms with van der Waals surface area (Å²) in [5, 5.41) is 6.42. The molecule has 0 bridgehead atoms. The summed E-state index contributed by atoms with van der Waals surface area (Å²) < 4.78 is 5.92. The fraction of sp³-hybridized carbons (Fsp3) is 0.120. The van der Waals surface area contributed by atoms with Gasteiger partial charge in [0, 0.05) is 11.1 Å². The lowest BCUT2D eigenvalue weighted by Gasteiger charge is -2.14. The highest BCUT2D eigenvalue weighted by Crippen LogP contribution is 2.24. The Bertz CT molecular complexity index is 1050. The topological polar surface area (TPSA) is 50.4 Å². The molecule has 0 saturated carbocycles. The van der Waals surface area contributed by atoms with Crippen molar-refractivity contribution in [1.82, 2.24) is 5.32 Å². The van der Waals surface area contributed by atoms with Crippen molar-refractivity contribution in [3.8, 4) is 5.75 Å². The fourth-order valence-electron chi connectivity index (χ4n) is 2.88. The van der Waals surface area contributed by atoms with E-state index in [1.165, 1.54) is 11.6 Å². The van der Waals surface area contributed by atoms with Crippen LogP contribution in [0, 0.1) is 0 Å². The highest BCUT2D eigenvalue weighted by Gasteiger charge is 2.07. The number of carbonyl (C=O) groups excluding carboxylic acids is 1. The molecule has 0 spiro atoms. The molecule has 3 aromatic rings. The number of ether oxygens (including phenoxy) is 1. The van der Waals surface area contributed by atoms with Crippen molar-refractivity contribution in [2.75, 3.05) is 11.9 Å². The zero-order chi connectivity index (χ0) is 21.9. The number of thiocarbonyl (C=S) groups is 1. The lowest BCUT2D eigenvalue weighted by Crippen LogP contribution is -2.32. The average Bonchev–Trinajstić information content (AvgIpc) is 2.78. The number of carbonyl (C=O) groups is 1. The van der Waals surface area contributed by atoms with E-state index in [-0.39, 0.29) is 11.0 Å². The molecule has 0 saturated heterocycles. The Hall–Kier alpha value is -3.15. The van der Waals surface area contributed by atoms with Gasteiger partial charge in [-0.15, -0.1) is 0 Å². The molecular formula is C25H23ClN2O2S. The lowest BCUT2D eigenvalue weighted by molar-refractivity contribution is -0.115. The Kier molecular flexibility index (Phi) is 8.64. The molecule has 0 aliphatic heterocycles. The van der Waals surface area contributed by atoms with E-state index in [0.717, 1.165) is 18.4 Å². The van der Waals surface area contributed by atoms with Crippen LogP contribution in [0.25, 0.3) is 6.08 Å². The van der Waals surface area contributed by atoms with Crippen LogP contribution in [0.5, 0.6) is 5.75 Å². The standard InChI is InChI=1S/C25H23ClN2O2S/c26-21-13-5-4-12-20(21)16-17-24(29)28-25(31)27-22-14-6-7-15-23(22)30-18-8-11-19-9-2-1-3-10-19/h1-7,9-10,12-17H,8,11,18H2,(H2,27,28,29,31)/b17-16+. The highest BCUT2D eigenvalue weighted by atomic mass is 35.5. The van der Waals surface area contributed by atoms with Gasteiger partial charge in [0.25, 0.3) is 0 Å². The molecular weight excluding hydrogens is 428 g/mol. The minimum atomic E-state index is -0.348. The molecule has 0 heterocycles. The van der Waals surface area contributed by atoms with Crippen LogP contribution in [0.1, 0.15) is 17.5 Å². The van der Waals surface area contributed by atoms with Gasteiger partial charge in [0.15, 0.2) is 5.11 Å². The number of hydrogen-bond donors (Lipinski definition) is 2. The van der Waals surface area contributed by atoms with Crippen molar-refractivity contribution >= 4 is 46.6 Å². The van der Waals surface area contributed by atoms with Gasteiger partial charge < -0.3 is 10.1 Å². The van der Waals surface area contributed by atoms with Crippen molar-refractivity contribution in [3.63, 3.8) is 0 Å². The second-order valence-corrected chi connectivity index (χ2v) is 7.55. The number of benzene rings is 3. The Balaban J connectivity index is 1.49. The Morgan fingerprint density at radius 3 is 2.48 bits per heavy atom. The number of rotatable bonds is 8. The zero-order valence-corrected chi connectivity index (χ0v) is 18.5. The SMILES string of the molecule is O=C(/C=C/c1ccccc1Cl)NC(=S)Nc1ccccc1OCCCc1ccccc1. The molecule has 0 atom stereocenters. The first-order valence-corrected chi connectivity index (χ1v) is 10.7. The molecule has 3 aromatic carbocycles. The average molecular weight is 451 g/mol. The van der Waals surface area contributed by atoms with E-state index in [4.69, 9.17) is 28.6 Å². The summed E-state index contributed by atoms with van der Waals surface area (Å²) in [6.07, 6.45) is 4.88. The van der Waals surface area contributed by atoms with Crippen molar-refractivity contribution in [3.05, 3.63) is 101 Å². The lowest BCUT2D eigenvalue weighted by atomic mass is 10.1. The van der Waals surface area contributed by atoms with Crippen LogP contribution in [0.4, 0.5) is 5.69 Å². The predicted octanol–water partition coefficient (Wildman–Crippen LogP) is 5.88. The van der Waals surface area contributed by atoms with E-state index < -0.39 is 0 Å². The largest absolute Gasteiger partial charge is 0.491 e. The maximum atomic E-state index is 12.2. The highest BCUT2D eigenvalue weighted by molar-refractivity contribution is 7.80. The van der Waals surface area contributed by atoms with Crippen LogP contribution in [-0.4, -0.2) is 17.6 Å². The normalized spacial score (nSPS) is 10.6. The molecule has 0 aliphatic rings. The van der Waals surface area contributed by atoms with Crippen molar-refractivity contribution in [1.29, 1.82) is 0 Å². The maximum absolute atomic E-state index is 12.2. The number of halogens is 1. The second kappa shape index (κ2) is 11.9. The summed E-state index contributed by atoms with van der Waals surface area (Å²) in [5.41, 5.74) is 2.74. The molecule has 6 heteroatoms. The molecule has 0 aromatic heterocycles. The van der Waals surface area contributed by atoms with E-state index in [9.17, 15) is 4.79 Å². The van der Waals surface area contributed by atoms with Crippen LogP contribution in [0.15, 0.2) is 84.9 Å². The molecule has 31 heavy (non-hydrogen) atoms. The Morgan fingerprint density at radius 1 is 0.968 bits per heavy atom. The third-order valence-electron chi connectivity index (χ3n) is 4.40. The van der Waals surface area contributed by atoms with Crippen LogP contribution in [0.2, 0.25) is 5.02 Å². The summed E-state index contributed by atoms with van der Waals surface area (Å²) in [7, 11) is 0. The minimum absolute atomic E-state index is 0.189. The molecule has 0 fully saturated rings. The monoisotopic (exact) mass is 450 g/mol. The molecule has 2 N–H and O–H groups in total. The van der Waals surface area contributed by atoms with Gasteiger partial charge in [0.1, 0.15) is 5.75 Å². The maximum Gasteiger partial charge on any atom is 0.250 e. The van der Waals surface area contributed by atoms with Crippen LogP contribution in [0.3, 0.4) is 0 Å². The summed E-state index contributed by atoms with van der Waals surface area (Å²) in [6.45, 7) is 0.577. The van der Waals surface area contributed by atoms with E-state index in [0.29, 0.717) is 23.1 Å². The number of amides is 1. The van der Waals surface area contributed by atoms with E-state index in [2.05, 4.69) is 22.8 Å². The number of hydrogen-bond acceptors (Lipinski definition) is 3. The van der Waals surface area contributed by atoms with Crippen LogP contribution in [-0.2, 0) is 11.2 Å². The quantitative estimate of drug-likeness (QED) is 0.255. The smallest absolute Gasteiger partial charge is 0.250 e. The Morgan fingerprint density at radius 2 is 1.68 bits per heavy atom. The molecule has 158 valence electrons. The number of para-hydroxylation sites is 2. The number of anilines is 1. The molecule has 1 amide bonds. The van der Waals surface area contributed by atoms with Crippen molar-refractivity contribution in [2.45, 2.75) is 12.8 Å². The zero-order valence-electron chi connectivity index (χ0n) is 16.9. The molecule has 0 aliphatic carbocycles.